The number of rotatable bonds is 1. The van der Waals surface area contributed by atoms with Crippen LogP contribution in [0.15, 0.2) is 36.5 Å². The van der Waals surface area contributed by atoms with E-state index in [1.807, 2.05) is 6.07 Å². The van der Waals surface area contributed by atoms with E-state index < -0.39 is 0 Å². The molecule has 0 aliphatic rings. The lowest BCUT2D eigenvalue weighted by molar-refractivity contribution is 0.477. The van der Waals surface area contributed by atoms with Crippen LogP contribution in [0.2, 0.25) is 0 Å². The van der Waals surface area contributed by atoms with Crippen LogP contribution in [0.5, 0.6) is 5.75 Å². The average Bonchev–Trinajstić information content (AvgIpc) is 2.77. The first-order valence-corrected chi connectivity index (χ1v) is 4.68. The number of hydrogen-bond acceptors (Lipinski definition) is 5. The van der Waals surface area contributed by atoms with E-state index >= 15 is 0 Å². The first-order chi connectivity index (χ1) is 7.86. The van der Waals surface area contributed by atoms with E-state index in [0.717, 1.165) is 0 Å². The van der Waals surface area contributed by atoms with Crippen LogP contribution in [0.4, 0.5) is 0 Å². The van der Waals surface area contributed by atoms with Gasteiger partial charge in [-0.25, -0.2) is 4.98 Å². The predicted octanol–water partition coefficient (Wildman–Crippen LogP) is 0.892. The molecule has 78 valence electrons. The maximum atomic E-state index is 9.76. The standard InChI is InChI=1S/C10H7N5O/c16-9-4-2-1-3-7(9)8-5-6-11-10-12-13-14-15(8)10/h1-6,16H. The van der Waals surface area contributed by atoms with Gasteiger partial charge in [0.05, 0.1) is 5.69 Å². The lowest BCUT2D eigenvalue weighted by Gasteiger charge is -2.04. The highest BCUT2D eigenvalue weighted by Crippen LogP contribution is 2.27. The third kappa shape index (κ3) is 1.20. The van der Waals surface area contributed by atoms with Crippen molar-refractivity contribution in [2.45, 2.75) is 0 Å². The van der Waals surface area contributed by atoms with Gasteiger partial charge in [0.25, 0.3) is 5.78 Å². The predicted molar refractivity (Wildman–Crippen MR) is 55.7 cm³/mol. The topological polar surface area (TPSA) is 76.2 Å². The summed E-state index contributed by atoms with van der Waals surface area (Å²) in [6.45, 7) is 0. The summed E-state index contributed by atoms with van der Waals surface area (Å²) in [7, 11) is 0. The van der Waals surface area contributed by atoms with Crippen LogP contribution >= 0.6 is 0 Å². The highest BCUT2D eigenvalue weighted by Gasteiger charge is 2.09. The maximum absolute atomic E-state index is 9.76. The quantitative estimate of drug-likeness (QED) is 0.649. The van der Waals surface area contributed by atoms with Crippen molar-refractivity contribution in [1.29, 1.82) is 0 Å². The summed E-state index contributed by atoms with van der Waals surface area (Å²) in [6, 6.07) is 8.76. The van der Waals surface area contributed by atoms with E-state index in [2.05, 4.69) is 20.5 Å². The first kappa shape index (κ1) is 8.78. The number of phenols is 1. The average molecular weight is 213 g/mol. The molecule has 2 heterocycles. The second-order valence-electron chi connectivity index (χ2n) is 3.24. The molecule has 3 rings (SSSR count). The van der Waals surface area contributed by atoms with Crippen molar-refractivity contribution < 1.29 is 5.11 Å². The van der Waals surface area contributed by atoms with Gasteiger partial charge in [0.15, 0.2) is 0 Å². The number of phenolic OH excluding ortho intramolecular Hbond substituents is 1. The zero-order valence-electron chi connectivity index (χ0n) is 8.15. The van der Waals surface area contributed by atoms with Gasteiger partial charge in [-0.3, -0.25) is 0 Å². The minimum atomic E-state index is 0.186. The van der Waals surface area contributed by atoms with E-state index in [4.69, 9.17) is 0 Å². The van der Waals surface area contributed by atoms with Crippen molar-refractivity contribution in [3.8, 4) is 17.0 Å². The molecule has 0 amide bonds. The number of fused-ring (bicyclic) bond motifs is 1. The highest BCUT2D eigenvalue weighted by molar-refractivity contribution is 5.67. The van der Waals surface area contributed by atoms with Gasteiger partial charge < -0.3 is 5.11 Å². The van der Waals surface area contributed by atoms with Gasteiger partial charge in [-0.05, 0) is 28.6 Å². The van der Waals surface area contributed by atoms with Crippen molar-refractivity contribution in [2.24, 2.45) is 0 Å². The largest absolute Gasteiger partial charge is 0.507 e. The van der Waals surface area contributed by atoms with Crippen LogP contribution < -0.4 is 0 Å². The summed E-state index contributed by atoms with van der Waals surface area (Å²) < 4.78 is 1.48. The summed E-state index contributed by atoms with van der Waals surface area (Å²) in [5.41, 5.74) is 1.37. The van der Waals surface area contributed by atoms with Gasteiger partial charge in [-0.1, -0.05) is 17.2 Å². The molecular weight excluding hydrogens is 206 g/mol. The van der Waals surface area contributed by atoms with Gasteiger partial charge in [-0.15, -0.1) is 0 Å². The second kappa shape index (κ2) is 3.27. The summed E-state index contributed by atoms with van der Waals surface area (Å²) in [4.78, 5) is 4.00. The Kier molecular flexibility index (Phi) is 1.79. The molecule has 1 N–H and O–H groups in total. The van der Waals surface area contributed by atoms with Crippen molar-refractivity contribution in [2.75, 3.05) is 0 Å². The first-order valence-electron chi connectivity index (χ1n) is 4.68. The van der Waals surface area contributed by atoms with E-state index in [-0.39, 0.29) is 5.75 Å². The van der Waals surface area contributed by atoms with Gasteiger partial charge >= 0.3 is 0 Å². The van der Waals surface area contributed by atoms with Crippen molar-refractivity contribution in [3.05, 3.63) is 36.5 Å². The Labute approximate surface area is 90.2 Å². The molecule has 0 radical (unpaired) electrons. The minimum Gasteiger partial charge on any atom is -0.507 e. The third-order valence-electron chi connectivity index (χ3n) is 2.28. The normalized spacial score (nSPS) is 10.8. The smallest absolute Gasteiger partial charge is 0.273 e. The molecular formula is C10H7N5O. The van der Waals surface area contributed by atoms with Gasteiger partial charge in [-0.2, -0.15) is 4.52 Å². The van der Waals surface area contributed by atoms with Crippen LogP contribution in [0.25, 0.3) is 17.0 Å². The van der Waals surface area contributed by atoms with E-state index in [1.54, 1.807) is 30.5 Å². The van der Waals surface area contributed by atoms with E-state index in [9.17, 15) is 5.11 Å². The monoisotopic (exact) mass is 213 g/mol. The van der Waals surface area contributed by atoms with E-state index in [1.165, 1.54) is 4.52 Å². The molecule has 3 aromatic rings. The molecule has 0 bridgehead atoms. The second-order valence-corrected chi connectivity index (χ2v) is 3.24. The summed E-state index contributed by atoms with van der Waals surface area (Å²) >= 11 is 0. The molecule has 0 spiro atoms. The molecule has 1 aromatic carbocycles. The number of benzene rings is 1. The van der Waals surface area contributed by atoms with E-state index in [0.29, 0.717) is 17.0 Å². The summed E-state index contributed by atoms with van der Waals surface area (Å²) in [5.74, 6) is 0.589. The molecule has 0 unspecified atom stereocenters. The van der Waals surface area contributed by atoms with Gasteiger partial charge in [0.2, 0.25) is 0 Å². The number of para-hydroxylation sites is 1. The fourth-order valence-corrected chi connectivity index (χ4v) is 1.56. The number of tetrazole rings is 1. The molecule has 2 aromatic heterocycles. The SMILES string of the molecule is Oc1ccccc1-c1ccnc2nnnn12. The Bertz CT molecular complexity index is 648. The molecule has 0 saturated heterocycles. The fourth-order valence-electron chi connectivity index (χ4n) is 1.56. The van der Waals surface area contributed by atoms with Crippen LogP contribution in [0.1, 0.15) is 0 Å². The van der Waals surface area contributed by atoms with Crippen molar-refractivity contribution >= 4 is 5.78 Å². The fraction of sp³-hybridized carbons (Fsp3) is 0. The van der Waals surface area contributed by atoms with Gasteiger partial charge in [0.1, 0.15) is 5.75 Å². The molecule has 6 heteroatoms. The lowest BCUT2D eigenvalue weighted by Crippen LogP contribution is -1.96. The Morgan fingerprint density at radius 1 is 1.12 bits per heavy atom. The van der Waals surface area contributed by atoms with Crippen LogP contribution in [-0.4, -0.2) is 30.1 Å². The lowest BCUT2D eigenvalue weighted by atomic mass is 10.1. The molecule has 16 heavy (non-hydrogen) atoms. The van der Waals surface area contributed by atoms with Crippen LogP contribution in [-0.2, 0) is 0 Å². The molecule has 0 aliphatic heterocycles. The Hall–Kier alpha value is -2.50. The Morgan fingerprint density at radius 3 is 2.88 bits per heavy atom. The molecule has 6 nitrogen and oxygen atoms in total. The van der Waals surface area contributed by atoms with Crippen molar-refractivity contribution in [3.63, 3.8) is 0 Å². The number of aromatic nitrogens is 5. The maximum Gasteiger partial charge on any atom is 0.273 e. The highest BCUT2D eigenvalue weighted by atomic mass is 16.3. The third-order valence-corrected chi connectivity index (χ3v) is 2.28. The number of aromatic hydroxyl groups is 1. The minimum absolute atomic E-state index is 0.186. The zero-order valence-corrected chi connectivity index (χ0v) is 8.15. The molecule has 0 fully saturated rings. The summed E-state index contributed by atoms with van der Waals surface area (Å²) in [6.07, 6.45) is 1.60. The molecule has 0 saturated carbocycles. The van der Waals surface area contributed by atoms with Crippen LogP contribution in [0.3, 0.4) is 0 Å². The van der Waals surface area contributed by atoms with Gasteiger partial charge in [0, 0.05) is 11.8 Å². The van der Waals surface area contributed by atoms with Crippen molar-refractivity contribution in [1.82, 2.24) is 25.0 Å². The zero-order chi connectivity index (χ0) is 11.0. The Balaban J connectivity index is 2.34. The number of hydrogen-bond donors (Lipinski definition) is 1. The Morgan fingerprint density at radius 2 is 2.00 bits per heavy atom. The molecule has 0 atom stereocenters. The molecule has 0 aliphatic carbocycles. The summed E-state index contributed by atoms with van der Waals surface area (Å²) in [5, 5.41) is 20.9. The van der Waals surface area contributed by atoms with Crippen LogP contribution in [0, 0.1) is 0 Å². The number of nitrogens with zero attached hydrogens (tertiary/aromatic N) is 5.